The number of hydrogen-bond donors (Lipinski definition) is 5. The van der Waals surface area contributed by atoms with Gasteiger partial charge >= 0.3 is 5.97 Å². The minimum atomic E-state index is -2.02. The van der Waals surface area contributed by atoms with Gasteiger partial charge in [0.15, 0.2) is 28.5 Å². The van der Waals surface area contributed by atoms with Crippen LogP contribution in [0, 0.1) is 13.8 Å². The van der Waals surface area contributed by atoms with E-state index in [9.17, 15) is 34.2 Å². The molecule has 3 aliphatic rings. The number of aromatic carboxylic acids is 1. The molecule has 10 rings (SSSR count). The van der Waals surface area contributed by atoms with E-state index in [1.807, 2.05) is 119 Å². The normalized spacial score (nSPS) is 16.2. The van der Waals surface area contributed by atoms with E-state index in [1.165, 1.54) is 28.0 Å². The summed E-state index contributed by atoms with van der Waals surface area (Å²) in [5.74, 6) is -1.32. The molecule has 5 N–H and O–H groups in total. The number of hydrogen-bond acceptors (Lipinski definition) is 15. The highest BCUT2D eigenvalue weighted by atomic mass is 32.2. The third kappa shape index (κ3) is 14.5. The average Bonchev–Trinajstić information content (AvgIpc) is 3.81. The fourth-order valence-electron chi connectivity index (χ4n) is 11.2. The molecule has 1 saturated heterocycles. The van der Waals surface area contributed by atoms with Crippen LogP contribution in [0.3, 0.4) is 0 Å². The highest BCUT2D eigenvalue weighted by Crippen LogP contribution is 2.42. The number of aromatic nitrogens is 3. The van der Waals surface area contributed by atoms with Gasteiger partial charge in [0.05, 0.1) is 39.4 Å². The molecule has 446 valence electrons. The molecule has 0 bridgehead atoms. The van der Waals surface area contributed by atoms with Crippen LogP contribution in [0.25, 0.3) is 31.8 Å². The molecule has 4 aromatic carbocycles. The van der Waals surface area contributed by atoms with Gasteiger partial charge in [-0.2, -0.15) is 11.8 Å². The number of Topliss-reactive ketones (excluding diaryl/α,β-unsaturated/α-hetero) is 1. The summed E-state index contributed by atoms with van der Waals surface area (Å²) in [6.45, 7) is 9.12. The van der Waals surface area contributed by atoms with Gasteiger partial charge in [0.25, 0.3) is 5.91 Å². The van der Waals surface area contributed by atoms with Crippen LogP contribution >= 0.6 is 34.4 Å². The van der Waals surface area contributed by atoms with Crippen molar-refractivity contribution < 1.29 is 43.3 Å². The van der Waals surface area contributed by atoms with Gasteiger partial charge in [-0.15, -0.1) is 11.3 Å². The number of carboxylic acids is 1. The van der Waals surface area contributed by atoms with Crippen LogP contribution in [0.1, 0.15) is 135 Å². The molecule has 20 heteroatoms. The van der Waals surface area contributed by atoms with E-state index in [0.717, 1.165) is 111 Å². The zero-order chi connectivity index (χ0) is 59.8. The number of thioether (sulfide) groups is 1. The number of aliphatic hydroxyl groups excluding tert-OH is 1. The minimum Gasteiger partial charge on any atom is -0.493 e. The number of aliphatic hydroxyl groups is 1. The molecule has 1 aliphatic carbocycles. The van der Waals surface area contributed by atoms with Crippen molar-refractivity contribution >= 4 is 85.1 Å². The number of ether oxygens (including phenoxy) is 1. The molecule has 7 aromatic rings. The third-order valence-corrected chi connectivity index (χ3v) is 19.8. The number of amides is 3. The predicted octanol–water partition coefficient (Wildman–Crippen LogP) is 11.9. The first-order valence-electron chi connectivity index (χ1n) is 29.3. The number of likely N-dealkylation sites (tertiary alicyclic amines) is 1. The zero-order valence-corrected chi connectivity index (χ0v) is 50.9. The number of aryl methyl sites for hydroxylation is 1. The zero-order valence-electron chi connectivity index (χ0n) is 48.5. The molecule has 16 nitrogen and oxygen atoms in total. The maximum absolute atomic E-state index is 15.1. The van der Waals surface area contributed by atoms with Gasteiger partial charge in [-0.25, -0.2) is 24.1 Å². The second-order valence-corrected chi connectivity index (χ2v) is 26.5. The smallest absolute Gasteiger partial charge is 0.355 e. The molecule has 5 heterocycles. The summed E-state index contributed by atoms with van der Waals surface area (Å²) in [4.78, 5) is 85.0. The molecule has 1 unspecified atom stereocenters. The number of halogens is 1. The van der Waals surface area contributed by atoms with Crippen LogP contribution in [-0.4, -0.2) is 107 Å². The summed E-state index contributed by atoms with van der Waals surface area (Å²) in [6, 6.07) is 28.7. The lowest BCUT2D eigenvalue weighted by atomic mass is 9.93. The number of thiazole rings is 2. The second kappa shape index (κ2) is 27.0. The highest BCUT2D eigenvalue weighted by molar-refractivity contribution is 8.00. The predicted molar refractivity (Wildman–Crippen MR) is 334 cm³/mol. The molecule has 3 amide bonds. The number of carbonyl (C=O) groups is 5. The number of carbonyl (C=O) groups excluding carboxylic acids is 4. The van der Waals surface area contributed by atoms with Gasteiger partial charge in [-0.05, 0) is 129 Å². The largest absolute Gasteiger partial charge is 0.493 e. The van der Waals surface area contributed by atoms with Crippen molar-refractivity contribution in [3.05, 3.63) is 142 Å². The van der Waals surface area contributed by atoms with Crippen molar-refractivity contribution in [2.75, 3.05) is 35.7 Å². The number of nitrogens with zero attached hydrogens (tertiary/aromatic N) is 5. The molecule has 2 fully saturated rings. The molecule has 3 aromatic heterocycles. The van der Waals surface area contributed by atoms with E-state index in [-0.39, 0.29) is 43.8 Å². The Hall–Kier alpha value is -7.26. The summed E-state index contributed by atoms with van der Waals surface area (Å²) in [5.41, 5.74) is 8.33. The standard InChI is InChI=1S/C65H73FN8O8S3/c1-40-46(47-27-28-54(70-55(47)61(79)80)73-32-29-43-17-15-19-48(49(43)38-73)58(76)72-63-69-50-20-11-12-22-53(50)85-63)18-16-21-52(40)82-33-13-9-7-5-6-8-10-14-34-84-64(3,4)57(71-62(81)65(66)30-31-65)60(78)74-37-45(75)35-51(74)59(77)67-36-42-23-25-44(26-24-42)56-41(2)68-39-83-56/h11-12,15-28,39,51,57-58,76H,5-10,13-14,29-38H2,1-4H3,(H,67,77)(H,69,72)(H,71,81)(H,79,80)/t51-,57+,58?/m0/s1. The first-order valence-corrected chi connectivity index (χ1v) is 32.0. The molecular formula is C65H73FN8O8S3. The number of pyridine rings is 1. The number of nitrogens with one attached hydrogen (secondary N) is 3. The maximum Gasteiger partial charge on any atom is 0.355 e. The number of fused-ring (bicyclic) bond motifs is 2. The minimum absolute atomic E-state index is 0.0454. The Labute approximate surface area is 507 Å². The summed E-state index contributed by atoms with van der Waals surface area (Å²) in [5, 5.41) is 31.4. The van der Waals surface area contributed by atoms with Crippen LogP contribution in [0.4, 0.5) is 15.3 Å². The quantitative estimate of drug-likeness (QED) is 0.0239. The molecular weight excluding hydrogens is 1140 g/mol. The van der Waals surface area contributed by atoms with E-state index >= 15 is 4.39 Å². The lowest BCUT2D eigenvalue weighted by Crippen LogP contribution is -2.61. The van der Waals surface area contributed by atoms with Crippen molar-refractivity contribution in [2.45, 2.75) is 147 Å². The summed E-state index contributed by atoms with van der Waals surface area (Å²) < 4.78 is 21.5. The number of rotatable bonds is 27. The van der Waals surface area contributed by atoms with Crippen molar-refractivity contribution in [3.8, 4) is 27.3 Å². The molecule has 0 spiro atoms. The molecule has 85 heavy (non-hydrogen) atoms. The van der Waals surface area contributed by atoms with Crippen molar-refractivity contribution in [1.82, 2.24) is 30.5 Å². The number of anilines is 2. The van der Waals surface area contributed by atoms with Crippen molar-refractivity contribution in [2.24, 2.45) is 0 Å². The number of unbranched alkanes of at least 4 members (excludes halogenated alkanes) is 7. The maximum atomic E-state index is 15.1. The third-order valence-electron chi connectivity index (χ3n) is 16.4. The number of benzene rings is 4. The SMILES string of the molecule is Cc1ncsc1-c1ccc(CNC(=O)[C@@H]2CC(=O)CN2C(=O)[C@@H](NC(=O)C2(F)CC2)C(C)(C)SCCCCCCCCCCOc2cccc(-c3ccc(N4CCc5cccc(C(O)Nc6nc7ccccc7s6)c5C4)nc3C(=O)O)c2C)cc1. The Morgan fingerprint density at radius 1 is 0.871 bits per heavy atom. The number of carboxylic acid groups (broad SMARTS) is 1. The summed E-state index contributed by atoms with van der Waals surface area (Å²) >= 11 is 4.56. The fourth-order valence-corrected chi connectivity index (χ4v) is 14.1. The fraction of sp³-hybridized carbons (Fsp3) is 0.415. The number of ketones is 1. The van der Waals surface area contributed by atoms with Crippen molar-refractivity contribution in [1.29, 1.82) is 0 Å². The van der Waals surface area contributed by atoms with E-state index in [2.05, 4.69) is 36.9 Å². The van der Waals surface area contributed by atoms with Gasteiger partial charge in [-0.3, -0.25) is 19.2 Å². The van der Waals surface area contributed by atoms with E-state index < -0.39 is 52.4 Å². The summed E-state index contributed by atoms with van der Waals surface area (Å²) in [7, 11) is 0. The van der Waals surface area contributed by atoms with Gasteiger partial charge in [0.1, 0.15) is 23.7 Å². The Morgan fingerprint density at radius 2 is 1.61 bits per heavy atom. The van der Waals surface area contributed by atoms with Gasteiger partial charge in [0.2, 0.25) is 11.8 Å². The van der Waals surface area contributed by atoms with Crippen LogP contribution < -0.4 is 25.6 Å². The lowest BCUT2D eigenvalue weighted by Gasteiger charge is -2.37. The molecule has 0 radical (unpaired) electrons. The van der Waals surface area contributed by atoms with E-state index in [1.54, 1.807) is 16.8 Å². The lowest BCUT2D eigenvalue weighted by molar-refractivity contribution is -0.143. The Bertz CT molecular complexity index is 3540. The number of alkyl halides is 1. The molecule has 3 atom stereocenters. The topological polar surface area (TPSA) is 216 Å². The van der Waals surface area contributed by atoms with Gasteiger partial charge in [-0.1, -0.05) is 117 Å². The van der Waals surface area contributed by atoms with Gasteiger partial charge in [0, 0.05) is 41.9 Å². The van der Waals surface area contributed by atoms with E-state index in [0.29, 0.717) is 54.1 Å². The van der Waals surface area contributed by atoms with Crippen LogP contribution in [-0.2, 0) is 38.7 Å². The van der Waals surface area contributed by atoms with Gasteiger partial charge < -0.3 is 40.7 Å². The average molecular weight is 1210 g/mol. The first kappa shape index (κ1) is 60.8. The van der Waals surface area contributed by atoms with Crippen molar-refractivity contribution in [3.63, 3.8) is 0 Å². The monoisotopic (exact) mass is 1210 g/mol. The Morgan fingerprint density at radius 3 is 2.34 bits per heavy atom. The Balaban J connectivity index is 0.655. The summed E-state index contributed by atoms with van der Waals surface area (Å²) in [6.07, 6.45) is 7.66. The highest BCUT2D eigenvalue weighted by Gasteiger charge is 2.54. The molecule has 2 aliphatic heterocycles. The second-order valence-electron chi connectivity index (χ2n) is 22.9. The van der Waals surface area contributed by atoms with E-state index in [4.69, 9.17) is 9.72 Å². The first-order chi connectivity index (χ1) is 41.0. The van der Waals surface area contributed by atoms with Crippen LogP contribution in [0.5, 0.6) is 5.75 Å². The van der Waals surface area contributed by atoms with Crippen LogP contribution in [0.15, 0.2) is 103 Å². The Kier molecular flexibility index (Phi) is 19.3. The number of para-hydroxylation sites is 1. The van der Waals surface area contributed by atoms with Crippen LogP contribution in [0.2, 0.25) is 0 Å². The molecule has 1 saturated carbocycles.